The maximum Gasteiger partial charge on any atom is 0.106 e. The molecule has 98 valence electrons. The van der Waals surface area contributed by atoms with E-state index in [1.165, 1.54) is 25.8 Å². The van der Waals surface area contributed by atoms with Gasteiger partial charge in [0.2, 0.25) is 0 Å². The van der Waals surface area contributed by atoms with Gasteiger partial charge in [0.1, 0.15) is 5.54 Å². The molecule has 2 unspecified atom stereocenters. The summed E-state index contributed by atoms with van der Waals surface area (Å²) in [6.07, 6.45) is 6.95. The van der Waals surface area contributed by atoms with Gasteiger partial charge in [-0.05, 0) is 58.7 Å². The molecule has 17 heavy (non-hydrogen) atoms. The molecule has 1 saturated heterocycles. The topological polar surface area (TPSA) is 39.1 Å². The van der Waals surface area contributed by atoms with Crippen LogP contribution in [-0.4, -0.2) is 36.6 Å². The van der Waals surface area contributed by atoms with Crippen molar-refractivity contribution in [3.63, 3.8) is 0 Å². The maximum absolute atomic E-state index is 9.24. The van der Waals surface area contributed by atoms with Gasteiger partial charge in [0.15, 0.2) is 0 Å². The Balaban J connectivity index is 2.34. The lowest BCUT2D eigenvalue weighted by atomic mass is 9.92. The van der Waals surface area contributed by atoms with Crippen LogP contribution in [0.1, 0.15) is 52.4 Å². The van der Waals surface area contributed by atoms with E-state index < -0.39 is 0 Å². The minimum Gasteiger partial charge on any atom is -0.302 e. The van der Waals surface area contributed by atoms with Gasteiger partial charge in [0.25, 0.3) is 0 Å². The summed E-state index contributed by atoms with van der Waals surface area (Å²) < 4.78 is 0. The quantitative estimate of drug-likeness (QED) is 0.739. The van der Waals surface area contributed by atoms with E-state index in [0.29, 0.717) is 0 Å². The Bertz CT molecular complexity index is 253. The Kier molecular flexibility index (Phi) is 5.94. The molecule has 0 aromatic heterocycles. The van der Waals surface area contributed by atoms with E-state index in [2.05, 4.69) is 30.1 Å². The highest BCUT2D eigenvalue weighted by molar-refractivity contribution is 5.05. The third-order valence-electron chi connectivity index (χ3n) is 4.32. The summed E-state index contributed by atoms with van der Waals surface area (Å²) in [5.41, 5.74) is -0.304. The molecule has 0 aromatic carbocycles. The first-order valence-corrected chi connectivity index (χ1v) is 7.05. The third kappa shape index (κ3) is 3.69. The lowest BCUT2D eigenvalue weighted by Crippen LogP contribution is -2.41. The largest absolute Gasteiger partial charge is 0.302 e. The Hall–Kier alpha value is -0.590. The minimum atomic E-state index is -0.304. The van der Waals surface area contributed by atoms with Crippen LogP contribution < -0.4 is 5.32 Å². The summed E-state index contributed by atoms with van der Waals surface area (Å²) in [6.45, 7) is 6.78. The normalized spacial score (nSPS) is 24.5. The average Bonchev–Trinajstić information content (AvgIpc) is 2.83. The van der Waals surface area contributed by atoms with Crippen LogP contribution in [0, 0.1) is 11.3 Å². The molecule has 3 nitrogen and oxygen atoms in total. The van der Waals surface area contributed by atoms with E-state index in [-0.39, 0.29) is 5.54 Å². The minimum absolute atomic E-state index is 0.304. The average molecular weight is 237 g/mol. The van der Waals surface area contributed by atoms with Crippen molar-refractivity contribution in [2.45, 2.75) is 64.0 Å². The molecule has 0 radical (unpaired) electrons. The fourth-order valence-corrected chi connectivity index (χ4v) is 2.91. The van der Waals surface area contributed by atoms with Crippen molar-refractivity contribution in [2.75, 3.05) is 20.1 Å². The number of hydrogen-bond acceptors (Lipinski definition) is 3. The number of nitriles is 1. The third-order valence-corrected chi connectivity index (χ3v) is 4.32. The summed E-state index contributed by atoms with van der Waals surface area (Å²) in [7, 11) is 1.90. The van der Waals surface area contributed by atoms with Crippen molar-refractivity contribution in [3.05, 3.63) is 0 Å². The molecule has 3 heteroatoms. The number of likely N-dealkylation sites (tertiary alicyclic amines) is 1. The lowest BCUT2D eigenvalue weighted by molar-refractivity contribution is 0.233. The molecule has 0 aromatic rings. The Morgan fingerprint density at radius 3 is 2.76 bits per heavy atom. The monoisotopic (exact) mass is 237 g/mol. The molecular weight excluding hydrogens is 210 g/mol. The van der Waals surface area contributed by atoms with Crippen LogP contribution in [0.5, 0.6) is 0 Å². The molecule has 1 fully saturated rings. The van der Waals surface area contributed by atoms with E-state index in [4.69, 9.17) is 0 Å². The van der Waals surface area contributed by atoms with Crippen molar-refractivity contribution in [1.29, 1.82) is 5.26 Å². The van der Waals surface area contributed by atoms with Gasteiger partial charge in [0, 0.05) is 6.04 Å². The highest BCUT2D eigenvalue weighted by Crippen LogP contribution is 2.22. The highest BCUT2D eigenvalue weighted by atomic mass is 15.2. The predicted molar refractivity (Wildman–Crippen MR) is 71.8 cm³/mol. The lowest BCUT2D eigenvalue weighted by Gasteiger charge is -2.27. The Morgan fingerprint density at radius 2 is 2.24 bits per heavy atom. The second-order valence-electron chi connectivity index (χ2n) is 5.14. The molecule has 0 spiro atoms. The molecule has 1 heterocycles. The van der Waals surface area contributed by atoms with Crippen molar-refractivity contribution < 1.29 is 0 Å². The molecule has 0 saturated carbocycles. The Labute approximate surface area is 106 Å². The van der Waals surface area contributed by atoms with Gasteiger partial charge < -0.3 is 10.2 Å². The summed E-state index contributed by atoms with van der Waals surface area (Å²) in [5, 5.41) is 12.4. The van der Waals surface area contributed by atoms with Gasteiger partial charge in [-0.15, -0.1) is 0 Å². The molecule has 0 bridgehead atoms. The summed E-state index contributed by atoms with van der Waals surface area (Å²) in [5.74, 6) is 0. The van der Waals surface area contributed by atoms with Crippen LogP contribution in [0.2, 0.25) is 0 Å². The summed E-state index contributed by atoms with van der Waals surface area (Å²) in [4.78, 5) is 2.60. The second kappa shape index (κ2) is 6.98. The smallest absolute Gasteiger partial charge is 0.106 e. The number of nitrogens with one attached hydrogen (secondary N) is 1. The van der Waals surface area contributed by atoms with Gasteiger partial charge in [-0.3, -0.25) is 0 Å². The molecule has 1 rings (SSSR count). The van der Waals surface area contributed by atoms with Crippen molar-refractivity contribution in [2.24, 2.45) is 0 Å². The number of hydrogen-bond donors (Lipinski definition) is 1. The number of rotatable bonds is 7. The van der Waals surface area contributed by atoms with Crippen LogP contribution in [-0.2, 0) is 0 Å². The standard InChI is InChI=1S/C14H27N3/c1-4-13-8-6-10-17(13)11-7-9-14(5-2,12-15)16-3/h13,16H,4-11H2,1-3H3. The molecule has 1 N–H and O–H groups in total. The van der Waals surface area contributed by atoms with Gasteiger partial charge >= 0.3 is 0 Å². The second-order valence-corrected chi connectivity index (χ2v) is 5.14. The predicted octanol–water partition coefficient (Wildman–Crippen LogP) is 2.53. The maximum atomic E-state index is 9.24. The zero-order valence-electron chi connectivity index (χ0n) is 11.6. The fourth-order valence-electron chi connectivity index (χ4n) is 2.91. The van der Waals surface area contributed by atoms with E-state index in [0.717, 1.165) is 31.8 Å². The van der Waals surface area contributed by atoms with E-state index in [1.807, 2.05) is 7.05 Å². The van der Waals surface area contributed by atoms with Crippen molar-refractivity contribution in [1.82, 2.24) is 10.2 Å². The Morgan fingerprint density at radius 1 is 1.47 bits per heavy atom. The number of nitrogens with zero attached hydrogens (tertiary/aromatic N) is 2. The van der Waals surface area contributed by atoms with Gasteiger partial charge in [0.05, 0.1) is 6.07 Å². The van der Waals surface area contributed by atoms with E-state index in [9.17, 15) is 5.26 Å². The molecule has 2 atom stereocenters. The zero-order valence-corrected chi connectivity index (χ0v) is 11.6. The van der Waals surface area contributed by atoms with Gasteiger partial charge in [-0.2, -0.15) is 5.26 Å². The van der Waals surface area contributed by atoms with Crippen LogP contribution in [0.15, 0.2) is 0 Å². The zero-order chi connectivity index (χ0) is 12.7. The highest BCUT2D eigenvalue weighted by Gasteiger charge is 2.27. The molecule has 0 amide bonds. The van der Waals surface area contributed by atoms with Crippen LogP contribution in [0.4, 0.5) is 0 Å². The SMILES string of the molecule is CCC1CCCN1CCCC(C#N)(CC)NC. The van der Waals surface area contributed by atoms with Gasteiger partial charge in [-0.1, -0.05) is 13.8 Å². The summed E-state index contributed by atoms with van der Waals surface area (Å²) in [6, 6.07) is 3.23. The van der Waals surface area contributed by atoms with Crippen molar-refractivity contribution in [3.8, 4) is 6.07 Å². The first-order chi connectivity index (χ1) is 8.21. The van der Waals surface area contributed by atoms with Crippen LogP contribution >= 0.6 is 0 Å². The van der Waals surface area contributed by atoms with Gasteiger partial charge in [-0.25, -0.2) is 0 Å². The molecular formula is C14H27N3. The summed E-state index contributed by atoms with van der Waals surface area (Å²) >= 11 is 0. The molecule has 1 aliphatic rings. The van der Waals surface area contributed by atoms with Crippen LogP contribution in [0.3, 0.4) is 0 Å². The van der Waals surface area contributed by atoms with Crippen LogP contribution in [0.25, 0.3) is 0 Å². The van der Waals surface area contributed by atoms with E-state index in [1.54, 1.807) is 0 Å². The first kappa shape index (κ1) is 14.5. The fraction of sp³-hybridized carbons (Fsp3) is 0.929. The first-order valence-electron chi connectivity index (χ1n) is 7.05. The molecule has 1 aliphatic heterocycles. The van der Waals surface area contributed by atoms with Crippen molar-refractivity contribution >= 4 is 0 Å². The molecule has 0 aliphatic carbocycles. The van der Waals surface area contributed by atoms with E-state index >= 15 is 0 Å².